The van der Waals surface area contributed by atoms with Crippen molar-refractivity contribution in [1.82, 2.24) is 14.5 Å². The van der Waals surface area contributed by atoms with E-state index < -0.39 is 10.0 Å². The summed E-state index contributed by atoms with van der Waals surface area (Å²) in [7, 11) is 0.726. The molecule has 0 unspecified atom stereocenters. The number of nitrogens with one attached hydrogen (secondary N) is 1. The fourth-order valence-corrected chi connectivity index (χ4v) is 5.97. The molecule has 7 heteroatoms. The highest BCUT2D eigenvalue weighted by molar-refractivity contribution is 7.89. The molecular formula is C21H33N3O3S. The maximum absolute atomic E-state index is 12.7. The van der Waals surface area contributed by atoms with Crippen LogP contribution in [0.5, 0.6) is 0 Å². The first kappa shape index (κ1) is 21.4. The van der Waals surface area contributed by atoms with Crippen LogP contribution in [0, 0.1) is 0 Å². The molecule has 3 rings (SSSR count). The molecule has 0 radical (unpaired) electrons. The Morgan fingerprint density at radius 2 is 1.79 bits per heavy atom. The average molecular weight is 408 g/mol. The number of carbonyl (C=O) groups excluding carboxylic acids is 1. The number of benzene rings is 1. The average Bonchev–Trinajstić information content (AvgIpc) is 3.24. The number of Topliss-reactive ketones (excluding diaryl/α,β-unsaturated/α-hetero) is 1. The van der Waals surface area contributed by atoms with Crippen LogP contribution in [0.3, 0.4) is 0 Å². The Labute approximate surface area is 169 Å². The number of hydrogen-bond donors (Lipinski definition) is 1. The highest BCUT2D eigenvalue weighted by Crippen LogP contribution is 2.31. The van der Waals surface area contributed by atoms with Gasteiger partial charge in [0.2, 0.25) is 10.0 Å². The molecule has 1 aliphatic carbocycles. The Morgan fingerprint density at radius 3 is 2.43 bits per heavy atom. The molecule has 1 heterocycles. The van der Waals surface area contributed by atoms with Gasteiger partial charge in [0, 0.05) is 30.7 Å². The van der Waals surface area contributed by atoms with E-state index in [1.807, 2.05) is 0 Å². The first-order valence-corrected chi connectivity index (χ1v) is 11.8. The zero-order valence-corrected chi connectivity index (χ0v) is 17.9. The van der Waals surface area contributed by atoms with E-state index in [2.05, 4.69) is 24.3 Å². The lowest BCUT2D eigenvalue weighted by Gasteiger charge is -2.43. The predicted molar refractivity (Wildman–Crippen MR) is 111 cm³/mol. The van der Waals surface area contributed by atoms with Gasteiger partial charge in [0.25, 0.3) is 0 Å². The molecule has 0 amide bonds. The number of nitrogens with zero attached hydrogens (tertiary/aromatic N) is 2. The number of likely N-dealkylation sites (N-methyl/N-ethyl adjacent to an activating group) is 1. The number of carbonyl (C=O) groups is 1. The third-order valence-electron chi connectivity index (χ3n) is 6.33. The number of rotatable bonds is 8. The molecule has 0 atom stereocenters. The van der Waals surface area contributed by atoms with Crippen molar-refractivity contribution in [2.45, 2.75) is 55.4 Å². The molecule has 28 heavy (non-hydrogen) atoms. The summed E-state index contributed by atoms with van der Waals surface area (Å²) in [5, 5.41) is 3.34. The Bertz CT molecular complexity index is 780. The third-order valence-corrected chi connectivity index (χ3v) is 8.23. The van der Waals surface area contributed by atoms with E-state index in [4.69, 9.17) is 0 Å². The van der Waals surface area contributed by atoms with Gasteiger partial charge >= 0.3 is 0 Å². The van der Waals surface area contributed by atoms with Gasteiger partial charge in [0.1, 0.15) is 0 Å². The lowest BCUT2D eigenvalue weighted by Crippen LogP contribution is -2.53. The van der Waals surface area contributed by atoms with E-state index in [0.717, 1.165) is 32.2 Å². The summed E-state index contributed by atoms with van der Waals surface area (Å²) in [5.41, 5.74) is 0.565. The van der Waals surface area contributed by atoms with Crippen molar-refractivity contribution in [3.63, 3.8) is 0 Å². The summed E-state index contributed by atoms with van der Waals surface area (Å²) in [6.07, 6.45) is 7.82. The van der Waals surface area contributed by atoms with Crippen LogP contribution in [-0.2, 0) is 10.0 Å². The molecular weight excluding hydrogens is 374 g/mol. The fraction of sp³-hybridized carbons (Fsp3) is 0.667. The van der Waals surface area contributed by atoms with E-state index in [0.29, 0.717) is 18.7 Å². The second kappa shape index (κ2) is 9.03. The van der Waals surface area contributed by atoms with Crippen molar-refractivity contribution >= 4 is 15.8 Å². The second-order valence-corrected chi connectivity index (χ2v) is 10.3. The molecule has 1 N–H and O–H groups in total. The highest BCUT2D eigenvalue weighted by atomic mass is 32.2. The van der Waals surface area contributed by atoms with Crippen molar-refractivity contribution < 1.29 is 13.2 Å². The van der Waals surface area contributed by atoms with Gasteiger partial charge in [0.05, 0.1) is 11.4 Å². The largest absolute Gasteiger partial charge is 0.308 e. The molecule has 1 aromatic carbocycles. The van der Waals surface area contributed by atoms with Crippen LogP contribution in [0.15, 0.2) is 29.2 Å². The summed E-state index contributed by atoms with van der Waals surface area (Å²) in [6.45, 7) is 2.13. The minimum atomic E-state index is -3.50. The summed E-state index contributed by atoms with van der Waals surface area (Å²) in [6, 6.07) is 6.48. The van der Waals surface area contributed by atoms with Crippen molar-refractivity contribution in [3.8, 4) is 0 Å². The molecule has 1 saturated carbocycles. The minimum absolute atomic E-state index is 0.0665. The van der Waals surface area contributed by atoms with Crippen molar-refractivity contribution in [3.05, 3.63) is 29.8 Å². The molecule has 6 nitrogen and oxygen atoms in total. The maximum atomic E-state index is 12.7. The van der Waals surface area contributed by atoms with Gasteiger partial charge in [-0.05, 0) is 51.9 Å². The zero-order chi connectivity index (χ0) is 20.2. The summed E-state index contributed by atoms with van der Waals surface area (Å²) < 4.78 is 27.0. The molecule has 1 aromatic rings. The highest BCUT2D eigenvalue weighted by Gasteiger charge is 2.34. The summed E-state index contributed by atoms with van der Waals surface area (Å²) in [4.78, 5) is 15.2. The van der Waals surface area contributed by atoms with Gasteiger partial charge in [0.15, 0.2) is 5.78 Å². The first-order valence-electron chi connectivity index (χ1n) is 10.4. The third kappa shape index (κ3) is 4.64. The smallest absolute Gasteiger partial charge is 0.243 e. The Kier molecular flexibility index (Phi) is 6.91. The predicted octanol–water partition coefficient (Wildman–Crippen LogP) is 2.51. The minimum Gasteiger partial charge on any atom is -0.308 e. The second-order valence-electron chi connectivity index (χ2n) is 8.35. The van der Waals surface area contributed by atoms with Gasteiger partial charge in [-0.3, -0.25) is 4.79 Å². The van der Waals surface area contributed by atoms with Crippen LogP contribution in [0.2, 0.25) is 0 Å². The standard InChI is InChI=1S/C21H33N3O3S/c1-23(2)21(11-4-3-5-12-21)17-22-16-20(25)18-9-8-10-19(15-18)28(26,27)24-13-6-7-14-24/h8-10,15,22H,3-7,11-14,16-17H2,1-2H3. The molecule has 156 valence electrons. The van der Waals surface area contributed by atoms with Crippen LogP contribution >= 0.6 is 0 Å². The quantitative estimate of drug-likeness (QED) is 0.671. The van der Waals surface area contributed by atoms with Crippen LogP contribution < -0.4 is 5.32 Å². The molecule has 2 aliphatic rings. The Balaban J connectivity index is 1.63. The topological polar surface area (TPSA) is 69.7 Å². The molecule has 0 spiro atoms. The van der Waals surface area contributed by atoms with Gasteiger partial charge in [-0.1, -0.05) is 31.4 Å². The Hall–Kier alpha value is -1.28. The maximum Gasteiger partial charge on any atom is 0.243 e. The van der Waals surface area contributed by atoms with Crippen LogP contribution in [-0.4, -0.2) is 69.2 Å². The molecule has 1 saturated heterocycles. The van der Waals surface area contributed by atoms with E-state index in [1.54, 1.807) is 18.2 Å². The molecule has 2 fully saturated rings. The lowest BCUT2D eigenvalue weighted by atomic mass is 9.80. The normalized spacial score (nSPS) is 20.5. The van der Waals surface area contributed by atoms with Gasteiger partial charge < -0.3 is 10.2 Å². The van der Waals surface area contributed by atoms with Crippen molar-refractivity contribution in [1.29, 1.82) is 0 Å². The van der Waals surface area contributed by atoms with Crippen LogP contribution in [0.25, 0.3) is 0 Å². The van der Waals surface area contributed by atoms with E-state index in [9.17, 15) is 13.2 Å². The lowest BCUT2D eigenvalue weighted by molar-refractivity contribution is 0.0905. The SMILES string of the molecule is CN(C)C1(CNCC(=O)c2cccc(S(=O)(=O)N3CCCC3)c2)CCCCC1. The van der Waals surface area contributed by atoms with E-state index in [-0.39, 0.29) is 22.8 Å². The molecule has 1 aliphatic heterocycles. The fourth-order valence-electron chi connectivity index (χ4n) is 4.41. The van der Waals surface area contributed by atoms with Gasteiger partial charge in [-0.2, -0.15) is 4.31 Å². The summed E-state index contributed by atoms with van der Waals surface area (Å²) in [5.74, 6) is -0.0665. The first-order chi connectivity index (χ1) is 13.3. The van der Waals surface area contributed by atoms with Gasteiger partial charge in [-0.15, -0.1) is 0 Å². The zero-order valence-electron chi connectivity index (χ0n) is 17.1. The number of hydrogen-bond acceptors (Lipinski definition) is 5. The number of sulfonamides is 1. The van der Waals surface area contributed by atoms with E-state index >= 15 is 0 Å². The molecule has 0 aromatic heterocycles. The van der Waals surface area contributed by atoms with Crippen molar-refractivity contribution in [2.24, 2.45) is 0 Å². The monoisotopic (exact) mass is 407 g/mol. The van der Waals surface area contributed by atoms with Crippen LogP contribution in [0.4, 0.5) is 0 Å². The number of ketones is 1. The molecule has 0 bridgehead atoms. The van der Waals surface area contributed by atoms with Crippen LogP contribution in [0.1, 0.15) is 55.3 Å². The van der Waals surface area contributed by atoms with E-state index in [1.165, 1.54) is 29.6 Å². The summed E-state index contributed by atoms with van der Waals surface area (Å²) >= 11 is 0. The Morgan fingerprint density at radius 1 is 1.11 bits per heavy atom. The van der Waals surface area contributed by atoms with Crippen molar-refractivity contribution in [2.75, 3.05) is 40.3 Å². The van der Waals surface area contributed by atoms with Gasteiger partial charge in [-0.25, -0.2) is 8.42 Å².